The molecule has 0 aliphatic carbocycles. The van der Waals surface area contributed by atoms with Gasteiger partial charge in [-0.15, -0.1) is 0 Å². The number of carbonyl (C=O) groups excluding carboxylic acids is 1. The van der Waals surface area contributed by atoms with Crippen LogP contribution in [-0.4, -0.2) is 50.7 Å². The van der Waals surface area contributed by atoms with E-state index in [0.29, 0.717) is 0 Å². The number of ether oxygens (including phenoxy) is 1. The fourth-order valence-corrected chi connectivity index (χ4v) is 4.88. The molecule has 3 rings (SSSR count). The van der Waals surface area contributed by atoms with E-state index in [9.17, 15) is 9.18 Å². The van der Waals surface area contributed by atoms with E-state index in [2.05, 4.69) is 39.6 Å². The quantitative estimate of drug-likeness (QED) is 0.472. The first-order valence-corrected chi connectivity index (χ1v) is 11.7. The minimum absolute atomic E-state index is 0.122. The molecule has 1 saturated heterocycles. The van der Waals surface area contributed by atoms with Crippen LogP contribution in [0.2, 0.25) is 0 Å². The summed E-state index contributed by atoms with van der Waals surface area (Å²) in [5, 5.41) is 0. The number of benzene rings is 2. The summed E-state index contributed by atoms with van der Waals surface area (Å²) in [4.78, 5) is 17.7. The molecule has 1 atom stereocenters. The van der Waals surface area contributed by atoms with E-state index in [0.717, 1.165) is 61.3 Å². The van der Waals surface area contributed by atoms with Crippen molar-refractivity contribution in [2.75, 3.05) is 44.7 Å². The SMILES string of the molecule is COC(=O)C(CCCN1CCN(c2ccc(F)cc2)CC1)(c1ccc(Br)cc1)C(C)C. The topological polar surface area (TPSA) is 32.8 Å². The number of nitrogens with zero attached hydrogens (tertiary/aromatic N) is 2. The Morgan fingerprint density at radius 3 is 2.23 bits per heavy atom. The summed E-state index contributed by atoms with van der Waals surface area (Å²) in [5.74, 6) is -0.241. The van der Waals surface area contributed by atoms with Crippen molar-refractivity contribution in [2.24, 2.45) is 5.92 Å². The molecule has 6 heteroatoms. The lowest BCUT2D eigenvalue weighted by Gasteiger charge is -2.38. The molecule has 4 nitrogen and oxygen atoms in total. The van der Waals surface area contributed by atoms with Crippen molar-refractivity contribution in [1.29, 1.82) is 0 Å². The van der Waals surface area contributed by atoms with Crippen molar-refractivity contribution in [1.82, 2.24) is 4.90 Å². The third kappa shape index (κ3) is 5.47. The maximum Gasteiger partial charge on any atom is 0.316 e. The minimum Gasteiger partial charge on any atom is -0.468 e. The predicted molar refractivity (Wildman–Crippen MR) is 127 cm³/mol. The zero-order valence-electron chi connectivity index (χ0n) is 18.6. The first kappa shape index (κ1) is 23.7. The molecule has 2 aromatic rings. The van der Waals surface area contributed by atoms with Gasteiger partial charge in [0.2, 0.25) is 0 Å². The summed E-state index contributed by atoms with van der Waals surface area (Å²) in [6, 6.07) is 14.8. The van der Waals surface area contributed by atoms with Gasteiger partial charge < -0.3 is 9.64 Å². The van der Waals surface area contributed by atoms with Gasteiger partial charge in [0.25, 0.3) is 0 Å². The van der Waals surface area contributed by atoms with Crippen LogP contribution in [0, 0.1) is 11.7 Å². The van der Waals surface area contributed by atoms with Crippen LogP contribution < -0.4 is 4.90 Å². The van der Waals surface area contributed by atoms with E-state index < -0.39 is 5.41 Å². The highest BCUT2D eigenvalue weighted by Gasteiger charge is 2.44. The first-order valence-electron chi connectivity index (χ1n) is 10.9. The second kappa shape index (κ2) is 10.6. The van der Waals surface area contributed by atoms with Crippen LogP contribution >= 0.6 is 15.9 Å². The number of methoxy groups -OCH3 is 1. The maximum atomic E-state index is 13.2. The molecule has 1 fully saturated rings. The third-order valence-corrected chi connectivity index (χ3v) is 7.03. The molecule has 1 aliphatic heterocycles. The fourth-order valence-electron chi connectivity index (χ4n) is 4.61. The average Bonchev–Trinajstić information content (AvgIpc) is 2.78. The molecular formula is C25H32BrFN2O2. The number of hydrogen-bond donors (Lipinski definition) is 0. The van der Waals surface area contributed by atoms with Gasteiger partial charge in [0.1, 0.15) is 5.82 Å². The van der Waals surface area contributed by atoms with Crippen LogP contribution in [0.4, 0.5) is 10.1 Å². The number of hydrogen-bond acceptors (Lipinski definition) is 4. The zero-order valence-corrected chi connectivity index (χ0v) is 20.2. The lowest BCUT2D eigenvalue weighted by atomic mass is 9.68. The lowest BCUT2D eigenvalue weighted by molar-refractivity contribution is -0.150. The van der Waals surface area contributed by atoms with Crippen LogP contribution in [-0.2, 0) is 14.9 Å². The van der Waals surface area contributed by atoms with Crippen LogP contribution in [0.1, 0.15) is 32.3 Å². The molecule has 31 heavy (non-hydrogen) atoms. The molecule has 1 aliphatic rings. The zero-order chi connectivity index (χ0) is 22.4. The number of halogens is 2. The third-order valence-electron chi connectivity index (χ3n) is 6.50. The Morgan fingerprint density at radius 1 is 1.06 bits per heavy atom. The molecule has 1 heterocycles. The van der Waals surface area contributed by atoms with Crippen LogP contribution in [0.15, 0.2) is 53.0 Å². The van der Waals surface area contributed by atoms with Crippen molar-refractivity contribution >= 4 is 27.6 Å². The van der Waals surface area contributed by atoms with E-state index in [4.69, 9.17) is 4.74 Å². The summed E-state index contributed by atoms with van der Waals surface area (Å²) in [5.41, 5.74) is 1.44. The van der Waals surface area contributed by atoms with Gasteiger partial charge in [0.05, 0.1) is 12.5 Å². The van der Waals surface area contributed by atoms with Crippen LogP contribution in [0.5, 0.6) is 0 Å². The Kier molecular flexibility index (Phi) is 8.11. The summed E-state index contributed by atoms with van der Waals surface area (Å²) in [6.07, 6.45) is 1.66. The molecule has 0 N–H and O–H groups in total. The second-order valence-electron chi connectivity index (χ2n) is 8.53. The van der Waals surface area contributed by atoms with Gasteiger partial charge in [0, 0.05) is 36.3 Å². The van der Waals surface area contributed by atoms with Crippen LogP contribution in [0.25, 0.3) is 0 Å². The molecule has 2 aromatic carbocycles. The first-order chi connectivity index (χ1) is 14.9. The van der Waals surface area contributed by atoms with Gasteiger partial charge in [-0.05, 0) is 67.3 Å². The van der Waals surface area contributed by atoms with E-state index in [-0.39, 0.29) is 17.7 Å². The number of esters is 1. The van der Waals surface area contributed by atoms with Gasteiger partial charge in [-0.25, -0.2) is 4.39 Å². The number of carbonyl (C=O) groups is 1. The smallest absolute Gasteiger partial charge is 0.316 e. The Balaban J connectivity index is 1.61. The molecule has 0 saturated carbocycles. The molecule has 0 spiro atoms. The van der Waals surface area contributed by atoms with Crippen molar-refractivity contribution in [3.05, 3.63) is 64.4 Å². The van der Waals surface area contributed by atoms with Gasteiger partial charge >= 0.3 is 5.97 Å². The Morgan fingerprint density at radius 2 is 1.68 bits per heavy atom. The highest BCUT2D eigenvalue weighted by Crippen LogP contribution is 2.39. The Labute approximate surface area is 193 Å². The second-order valence-corrected chi connectivity index (χ2v) is 9.45. The standard InChI is InChI=1S/C25H32BrFN2O2/c1-19(2)25(24(30)31-3,20-5-7-21(26)8-6-20)13-4-14-28-15-17-29(18-16-28)23-11-9-22(27)10-12-23/h5-12,19H,4,13-18H2,1-3H3. The largest absolute Gasteiger partial charge is 0.468 e. The summed E-state index contributed by atoms with van der Waals surface area (Å²) in [6.45, 7) is 8.90. The van der Waals surface area contributed by atoms with Gasteiger partial charge in [-0.3, -0.25) is 9.69 Å². The van der Waals surface area contributed by atoms with E-state index in [1.807, 2.05) is 36.4 Å². The molecule has 0 radical (unpaired) electrons. The molecule has 168 valence electrons. The maximum absolute atomic E-state index is 13.2. The molecule has 1 unspecified atom stereocenters. The monoisotopic (exact) mass is 490 g/mol. The normalized spacial score (nSPS) is 16.9. The van der Waals surface area contributed by atoms with E-state index in [1.54, 1.807) is 0 Å². The minimum atomic E-state index is -0.647. The number of rotatable bonds is 8. The van der Waals surface area contributed by atoms with Gasteiger partial charge in [-0.1, -0.05) is 41.9 Å². The molecule has 0 bridgehead atoms. The molecule has 0 aromatic heterocycles. The Bertz CT molecular complexity index is 849. The highest BCUT2D eigenvalue weighted by molar-refractivity contribution is 9.10. The number of piperazine rings is 1. The predicted octanol–water partition coefficient (Wildman–Crippen LogP) is 5.26. The van der Waals surface area contributed by atoms with Crippen molar-refractivity contribution in [2.45, 2.75) is 32.1 Å². The van der Waals surface area contributed by atoms with Gasteiger partial charge in [0.15, 0.2) is 0 Å². The summed E-state index contributed by atoms with van der Waals surface area (Å²) >= 11 is 3.49. The number of anilines is 1. The van der Waals surface area contributed by atoms with E-state index in [1.165, 1.54) is 19.2 Å². The van der Waals surface area contributed by atoms with E-state index >= 15 is 0 Å². The Hall–Kier alpha value is -1.92. The van der Waals surface area contributed by atoms with Crippen molar-refractivity contribution in [3.8, 4) is 0 Å². The average molecular weight is 491 g/mol. The summed E-state index contributed by atoms with van der Waals surface area (Å²) < 4.78 is 19.4. The van der Waals surface area contributed by atoms with Crippen LogP contribution in [0.3, 0.4) is 0 Å². The summed E-state index contributed by atoms with van der Waals surface area (Å²) in [7, 11) is 1.48. The van der Waals surface area contributed by atoms with Gasteiger partial charge in [-0.2, -0.15) is 0 Å². The highest BCUT2D eigenvalue weighted by atomic mass is 79.9. The van der Waals surface area contributed by atoms with Crippen molar-refractivity contribution < 1.29 is 13.9 Å². The lowest BCUT2D eigenvalue weighted by Crippen LogP contribution is -2.47. The molecular weight excluding hydrogens is 459 g/mol. The van der Waals surface area contributed by atoms with Crippen molar-refractivity contribution in [3.63, 3.8) is 0 Å². The fraction of sp³-hybridized carbons (Fsp3) is 0.480. The molecule has 0 amide bonds.